The number of aliphatic hydroxyl groups is 1. The highest BCUT2D eigenvalue weighted by atomic mass is 35.5. The second-order valence-electron chi connectivity index (χ2n) is 9.38. The topological polar surface area (TPSA) is 102 Å². The molecule has 0 aliphatic carbocycles. The molecule has 1 saturated heterocycles. The maximum Gasteiger partial charge on any atom is 0.410 e. The Bertz CT molecular complexity index is 1210. The second-order valence-corrected chi connectivity index (χ2v) is 9.78. The number of halogens is 1. The highest BCUT2D eigenvalue weighted by Crippen LogP contribution is 2.24. The molecule has 3 rings (SSSR count). The van der Waals surface area contributed by atoms with Crippen LogP contribution in [0.15, 0.2) is 23.3 Å². The van der Waals surface area contributed by atoms with Crippen molar-refractivity contribution in [2.45, 2.75) is 77.7 Å². The van der Waals surface area contributed by atoms with Crippen LogP contribution in [-0.2, 0) is 16.1 Å². The number of fused-ring (bicyclic) bond motifs is 1. The predicted molar refractivity (Wildman–Crippen MR) is 130 cm³/mol. The van der Waals surface area contributed by atoms with E-state index in [4.69, 9.17) is 16.3 Å². The van der Waals surface area contributed by atoms with Crippen LogP contribution in [-0.4, -0.2) is 55.7 Å². The fourth-order valence-corrected chi connectivity index (χ4v) is 4.10. The van der Waals surface area contributed by atoms with Gasteiger partial charge in [-0.1, -0.05) is 30.4 Å². The molecule has 0 spiro atoms. The minimum absolute atomic E-state index is 0.100. The summed E-state index contributed by atoms with van der Waals surface area (Å²) in [5.41, 5.74) is -0.0625. The average Bonchev–Trinajstić information content (AvgIpc) is 2.75. The zero-order chi connectivity index (χ0) is 25.0. The quantitative estimate of drug-likeness (QED) is 0.662. The van der Waals surface area contributed by atoms with E-state index in [1.807, 2.05) is 6.92 Å². The molecular formula is C25H30ClN3O5. The van der Waals surface area contributed by atoms with Crippen LogP contribution in [0.1, 0.15) is 58.9 Å². The van der Waals surface area contributed by atoms with E-state index in [9.17, 15) is 19.5 Å². The van der Waals surface area contributed by atoms with Crippen molar-refractivity contribution in [1.29, 1.82) is 0 Å². The molecule has 1 aromatic heterocycles. The third kappa shape index (κ3) is 6.16. The van der Waals surface area contributed by atoms with Crippen LogP contribution in [0.2, 0.25) is 5.02 Å². The number of rotatable bonds is 4. The molecule has 34 heavy (non-hydrogen) atoms. The predicted octanol–water partition coefficient (Wildman–Crippen LogP) is 3.53. The molecule has 1 fully saturated rings. The summed E-state index contributed by atoms with van der Waals surface area (Å²) in [6.07, 6.45) is 1.57. The van der Waals surface area contributed by atoms with Gasteiger partial charge in [0.2, 0.25) is 0 Å². The van der Waals surface area contributed by atoms with Crippen LogP contribution < -0.4 is 5.56 Å². The zero-order valence-electron chi connectivity index (χ0n) is 19.9. The van der Waals surface area contributed by atoms with Crippen molar-refractivity contribution in [1.82, 2.24) is 14.5 Å². The SMILES string of the molecule is CCC#Cc1cc2ncn(CC(=O)CC3C(O)CCCN3C(=O)OC(C)(C)C)c(=O)c2cc1Cl. The second kappa shape index (κ2) is 10.6. The van der Waals surface area contributed by atoms with Crippen LogP contribution in [0.3, 0.4) is 0 Å². The third-order valence-electron chi connectivity index (χ3n) is 5.47. The number of Topliss-reactive ketones (excluding diaryl/α,β-unsaturated/α-hetero) is 1. The van der Waals surface area contributed by atoms with Gasteiger partial charge >= 0.3 is 6.09 Å². The lowest BCUT2D eigenvalue weighted by atomic mass is 9.95. The molecule has 182 valence electrons. The zero-order valence-corrected chi connectivity index (χ0v) is 20.7. The van der Waals surface area contributed by atoms with Crippen LogP contribution in [0.4, 0.5) is 4.79 Å². The molecular weight excluding hydrogens is 458 g/mol. The number of aliphatic hydroxyl groups excluding tert-OH is 1. The van der Waals surface area contributed by atoms with E-state index in [1.54, 1.807) is 26.8 Å². The lowest BCUT2D eigenvalue weighted by molar-refractivity contribution is -0.122. The first-order chi connectivity index (χ1) is 16.0. The lowest BCUT2D eigenvalue weighted by Crippen LogP contribution is -2.53. The largest absolute Gasteiger partial charge is 0.444 e. The van der Waals surface area contributed by atoms with E-state index in [1.165, 1.54) is 21.9 Å². The van der Waals surface area contributed by atoms with Crippen LogP contribution in [0.5, 0.6) is 0 Å². The van der Waals surface area contributed by atoms with Crippen molar-refractivity contribution in [3.63, 3.8) is 0 Å². The summed E-state index contributed by atoms with van der Waals surface area (Å²) in [6.45, 7) is 7.36. The fourth-order valence-electron chi connectivity index (χ4n) is 3.89. The number of ether oxygens (including phenoxy) is 1. The number of carbonyl (C=O) groups excluding carboxylic acids is 2. The number of benzene rings is 1. The molecule has 1 aliphatic heterocycles. The Morgan fingerprint density at radius 3 is 2.74 bits per heavy atom. The van der Waals surface area contributed by atoms with Gasteiger partial charge in [-0.05, 0) is 45.7 Å². The summed E-state index contributed by atoms with van der Waals surface area (Å²) in [5, 5.41) is 11.1. The Hall–Kier alpha value is -2.89. The summed E-state index contributed by atoms with van der Waals surface area (Å²) in [7, 11) is 0. The average molecular weight is 488 g/mol. The maximum atomic E-state index is 13.0. The molecule has 1 N–H and O–H groups in total. The number of ketones is 1. The summed E-state index contributed by atoms with van der Waals surface area (Å²) in [6, 6.07) is 2.46. The molecule has 0 radical (unpaired) electrons. The highest BCUT2D eigenvalue weighted by molar-refractivity contribution is 6.32. The molecule has 2 atom stereocenters. The van der Waals surface area contributed by atoms with Gasteiger partial charge in [-0.15, -0.1) is 0 Å². The van der Waals surface area contributed by atoms with Gasteiger partial charge in [0.15, 0.2) is 5.78 Å². The van der Waals surface area contributed by atoms with Gasteiger partial charge in [-0.2, -0.15) is 0 Å². The van der Waals surface area contributed by atoms with E-state index in [-0.39, 0.29) is 24.1 Å². The first-order valence-corrected chi connectivity index (χ1v) is 11.7. The highest BCUT2D eigenvalue weighted by Gasteiger charge is 2.37. The standard InChI is InChI=1S/C25H30ClN3O5/c1-5-6-8-16-11-20-18(13-19(16)26)23(32)28(15-27-20)14-17(30)12-21-22(31)9-7-10-29(21)24(33)34-25(2,3)4/h11,13,15,21-22,31H,5,7,9-10,12,14H2,1-4H3. The summed E-state index contributed by atoms with van der Waals surface area (Å²) in [5.74, 6) is 5.58. The molecule has 2 heterocycles. The summed E-state index contributed by atoms with van der Waals surface area (Å²) < 4.78 is 6.66. The molecule has 8 nitrogen and oxygen atoms in total. The Kier molecular flexibility index (Phi) is 8.01. The van der Waals surface area contributed by atoms with Crippen molar-refractivity contribution < 1.29 is 19.4 Å². The summed E-state index contributed by atoms with van der Waals surface area (Å²) in [4.78, 5) is 44.2. The molecule has 2 unspecified atom stereocenters. The van der Waals surface area contributed by atoms with E-state index >= 15 is 0 Å². The van der Waals surface area contributed by atoms with E-state index < -0.39 is 29.4 Å². The Morgan fingerprint density at radius 1 is 1.32 bits per heavy atom. The number of piperidine rings is 1. The summed E-state index contributed by atoms with van der Waals surface area (Å²) >= 11 is 6.28. The van der Waals surface area contributed by atoms with Gasteiger partial charge in [0.1, 0.15) is 5.60 Å². The monoisotopic (exact) mass is 487 g/mol. The molecule has 0 bridgehead atoms. The molecule has 1 aliphatic rings. The van der Waals surface area contributed by atoms with Gasteiger partial charge in [-0.25, -0.2) is 9.78 Å². The van der Waals surface area contributed by atoms with Gasteiger partial charge in [0.05, 0.1) is 40.9 Å². The van der Waals surface area contributed by atoms with Crippen LogP contribution in [0.25, 0.3) is 10.9 Å². The lowest BCUT2D eigenvalue weighted by Gasteiger charge is -2.39. The third-order valence-corrected chi connectivity index (χ3v) is 5.78. The first-order valence-electron chi connectivity index (χ1n) is 11.4. The molecule has 2 aromatic rings. The van der Waals surface area contributed by atoms with Crippen LogP contribution in [0, 0.1) is 11.8 Å². The minimum Gasteiger partial charge on any atom is -0.444 e. The normalized spacial score (nSPS) is 18.4. The molecule has 0 saturated carbocycles. The van der Waals surface area contributed by atoms with Gasteiger partial charge in [-0.3, -0.25) is 14.2 Å². The van der Waals surface area contributed by atoms with Crippen molar-refractivity contribution in [3.8, 4) is 11.8 Å². The van der Waals surface area contributed by atoms with E-state index in [2.05, 4.69) is 16.8 Å². The number of hydrogen-bond acceptors (Lipinski definition) is 6. The van der Waals surface area contributed by atoms with Crippen molar-refractivity contribution in [2.75, 3.05) is 6.54 Å². The van der Waals surface area contributed by atoms with Crippen molar-refractivity contribution >= 4 is 34.4 Å². The van der Waals surface area contributed by atoms with Crippen LogP contribution >= 0.6 is 11.6 Å². The fraction of sp³-hybridized carbons (Fsp3) is 0.520. The van der Waals surface area contributed by atoms with E-state index in [0.717, 1.165) is 0 Å². The first kappa shape index (κ1) is 25.7. The maximum absolute atomic E-state index is 13.0. The number of nitrogens with zero attached hydrogens (tertiary/aromatic N) is 3. The minimum atomic E-state index is -0.849. The van der Waals surface area contributed by atoms with Crippen molar-refractivity contribution in [3.05, 3.63) is 39.4 Å². The number of carbonyl (C=O) groups is 2. The number of likely N-dealkylation sites (tertiary alicyclic amines) is 1. The van der Waals surface area contributed by atoms with Gasteiger partial charge < -0.3 is 14.7 Å². The Morgan fingerprint density at radius 2 is 2.06 bits per heavy atom. The number of hydrogen-bond donors (Lipinski definition) is 1. The van der Waals surface area contributed by atoms with E-state index in [0.29, 0.717) is 41.9 Å². The van der Waals surface area contributed by atoms with Crippen molar-refractivity contribution in [2.24, 2.45) is 0 Å². The van der Waals surface area contributed by atoms with Gasteiger partial charge in [0.25, 0.3) is 5.56 Å². The molecule has 1 aromatic carbocycles. The number of aromatic nitrogens is 2. The molecule has 1 amide bonds. The smallest absolute Gasteiger partial charge is 0.410 e. The molecule has 9 heteroatoms. The Balaban J connectivity index is 1.80. The van der Waals surface area contributed by atoms with Gasteiger partial charge in [0, 0.05) is 24.9 Å². The Labute approximate surface area is 203 Å². The number of amides is 1.